The molecule has 0 aliphatic carbocycles. The topological polar surface area (TPSA) is 77.5 Å². The minimum atomic E-state index is -0.413. The van der Waals surface area contributed by atoms with Crippen LogP contribution in [0.15, 0.2) is 52.4 Å². The highest BCUT2D eigenvalue weighted by atomic mass is 32.2. The second kappa shape index (κ2) is 9.60. The van der Waals surface area contributed by atoms with Crippen LogP contribution in [0.1, 0.15) is 24.2 Å². The van der Waals surface area contributed by atoms with Crippen LogP contribution in [-0.2, 0) is 6.54 Å². The summed E-state index contributed by atoms with van der Waals surface area (Å²) < 4.78 is 2.71. The first-order valence-electron chi connectivity index (χ1n) is 9.01. The van der Waals surface area contributed by atoms with Gasteiger partial charge in [-0.3, -0.25) is 14.9 Å². The first kappa shape index (κ1) is 21.6. The normalized spacial score (nSPS) is 12.1. The predicted molar refractivity (Wildman–Crippen MR) is 122 cm³/mol. The molecule has 2 aromatic carbocycles. The molecule has 3 aromatic rings. The Kier molecular flexibility index (Phi) is 7.15. The summed E-state index contributed by atoms with van der Waals surface area (Å²) in [6.07, 6.45) is 2.01. The van der Waals surface area contributed by atoms with Crippen LogP contribution in [0.25, 0.3) is 10.2 Å². The van der Waals surface area contributed by atoms with Crippen LogP contribution in [0.2, 0.25) is 0 Å². The lowest BCUT2D eigenvalue weighted by molar-refractivity contribution is -0.384. The molecule has 0 bridgehead atoms. The summed E-state index contributed by atoms with van der Waals surface area (Å²) in [6.45, 7) is 4.92. The van der Waals surface area contributed by atoms with Crippen molar-refractivity contribution in [2.24, 2.45) is 4.99 Å². The number of benzene rings is 2. The maximum atomic E-state index is 12.7. The van der Waals surface area contributed by atoms with Gasteiger partial charge in [0.25, 0.3) is 11.6 Å². The summed E-state index contributed by atoms with van der Waals surface area (Å²) in [6, 6.07) is 12.2. The van der Waals surface area contributed by atoms with E-state index in [0.29, 0.717) is 22.2 Å². The molecule has 0 saturated carbocycles. The van der Waals surface area contributed by atoms with Gasteiger partial charge in [0.05, 0.1) is 15.1 Å². The van der Waals surface area contributed by atoms with Gasteiger partial charge in [-0.15, -0.1) is 11.8 Å². The van der Waals surface area contributed by atoms with Crippen molar-refractivity contribution >= 4 is 56.7 Å². The number of fused-ring (bicyclic) bond motifs is 1. The third kappa shape index (κ3) is 5.29. The van der Waals surface area contributed by atoms with E-state index in [1.165, 1.54) is 23.5 Å². The number of aromatic nitrogens is 1. The van der Waals surface area contributed by atoms with E-state index in [0.717, 1.165) is 20.9 Å². The lowest BCUT2D eigenvalue weighted by Crippen LogP contribution is -2.18. The Labute approximate surface area is 181 Å². The molecule has 152 valence electrons. The molecule has 1 aromatic heterocycles. The summed E-state index contributed by atoms with van der Waals surface area (Å²) in [5.74, 6) is 0.538. The monoisotopic (exact) mass is 447 g/mol. The van der Waals surface area contributed by atoms with Crippen LogP contribution in [-0.4, -0.2) is 32.7 Å². The van der Waals surface area contributed by atoms with E-state index in [9.17, 15) is 14.9 Å². The van der Waals surface area contributed by atoms with E-state index >= 15 is 0 Å². The van der Waals surface area contributed by atoms with Crippen molar-refractivity contribution in [3.63, 3.8) is 0 Å². The molecule has 6 nitrogen and oxygen atoms in total. The summed E-state index contributed by atoms with van der Waals surface area (Å²) in [4.78, 5) is 29.4. The summed E-state index contributed by atoms with van der Waals surface area (Å²) in [7, 11) is 0. The molecule has 9 heteroatoms. The number of carbonyl (C=O) groups is 1. The van der Waals surface area contributed by atoms with Crippen molar-refractivity contribution in [3.05, 3.63) is 62.9 Å². The van der Waals surface area contributed by atoms with Crippen molar-refractivity contribution < 1.29 is 9.72 Å². The molecule has 3 rings (SSSR count). The third-order valence-electron chi connectivity index (χ3n) is 4.07. The Bertz CT molecular complexity index is 1100. The van der Waals surface area contributed by atoms with Crippen molar-refractivity contribution in [2.75, 3.05) is 12.0 Å². The number of non-ortho nitro benzene ring substituents is 1. The predicted octanol–water partition coefficient (Wildman–Crippen LogP) is 5.22. The fraction of sp³-hybridized carbons (Fsp3) is 0.300. The molecule has 0 atom stereocenters. The molecule has 0 aliphatic rings. The van der Waals surface area contributed by atoms with Crippen LogP contribution in [0, 0.1) is 10.1 Å². The van der Waals surface area contributed by atoms with Gasteiger partial charge in [0.1, 0.15) is 0 Å². The minimum absolute atomic E-state index is 0.0342. The second-order valence-electron chi connectivity index (χ2n) is 6.55. The maximum absolute atomic E-state index is 12.7. The third-order valence-corrected chi connectivity index (χ3v) is 6.71. The van der Waals surface area contributed by atoms with Crippen molar-refractivity contribution in [3.8, 4) is 0 Å². The molecule has 0 radical (unpaired) electrons. The van der Waals surface area contributed by atoms with Gasteiger partial charge < -0.3 is 4.57 Å². The van der Waals surface area contributed by atoms with E-state index in [1.54, 1.807) is 41.7 Å². The molecule has 1 amide bonds. The number of aryl methyl sites for hydroxylation is 1. The summed E-state index contributed by atoms with van der Waals surface area (Å²) >= 11 is 4.73. The first-order valence-corrected chi connectivity index (χ1v) is 12.1. The molecule has 0 saturated heterocycles. The zero-order chi connectivity index (χ0) is 21.0. The quantitative estimate of drug-likeness (QED) is 0.282. The molecule has 0 spiro atoms. The van der Waals surface area contributed by atoms with E-state index in [-0.39, 0.29) is 11.6 Å². The van der Waals surface area contributed by atoms with E-state index in [4.69, 9.17) is 0 Å². The number of nitrogens with zero attached hydrogens (tertiary/aromatic N) is 3. The van der Waals surface area contributed by atoms with Crippen LogP contribution in [0.5, 0.6) is 0 Å². The number of amides is 1. The van der Waals surface area contributed by atoms with Gasteiger partial charge in [-0.25, -0.2) is 0 Å². The molecule has 0 fully saturated rings. The first-order chi connectivity index (χ1) is 13.9. The number of hydrogen-bond donors (Lipinski definition) is 0. The average molecular weight is 448 g/mol. The zero-order valence-corrected chi connectivity index (χ0v) is 18.8. The van der Waals surface area contributed by atoms with E-state index < -0.39 is 4.92 Å². The number of thioether (sulfide) groups is 2. The highest BCUT2D eigenvalue weighted by Gasteiger charge is 2.13. The van der Waals surface area contributed by atoms with Gasteiger partial charge >= 0.3 is 0 Å². The highest BCUT2D eigenvalue weighted by molar-refractivity contribution is 7.99. The van der Waals surface area contributed by atoms with E-state index in [1.807, 2.05) is 23.0 Å². The number of hydrogen-bond acceptors (Lipinski definition) is 6. The maximum Gasteiger partial charge on any atom is 0.279 e. The van der Waals surface area contributed by atoms with Crippen molar-refractivity contribution in [1.82, 2.24) is 4.57 Å². The zero-order valence-electron chi connectivity index (χ0n) is 16.3. The lowest BCUT2D eigenvalue weighted by atomic mass is 10.2. The van der Waals surface area contributed by atoms with Crippen molar-refractivity contribution in [1.29, 1.82) is 0 Å². The summed E-state index contributed by atoms with van der Waals surface area (Å²) in [5, 5.41) is 11.6. The average Bonchev–Trinajstić information content (AvgIpc) is 3.02. The second-order valence-corrected chi connectivity index (χ2v) is 10.2. The number of thiazole rings is 1. The van der Waals surface area contributed by atoms with Gasteiger partial charge in [-0.1, -0.05) is 25.2 Å². The SMILES string of the molecule is CSCCn1c(=NC(=O)c2ccc(SC(C)C)cc2)sc2cc([N+](=O)[O-])ccc21. The number of nitro benzene ring substituents is 1. The van der Waals surface area contributed by atoms with Crippen LogP contribution >= 0.6 is 34.9 Å². The van der Waals surface area contributed by atoms with Crippen LogP contribution in [0.3, 0.4) is 0 Å². The van der Waals surface area contributed by atoms with Gasteiger partial charge in [0.15, 0.2) is 4.80 Å². The van der Waals surface area contributed by atoms with Gasteiger partial charge in [-0.2, -0.15) is 16.8 Å². The van der Waals surface area contributed by atoms with Crippen molar-refractivity contribution in [2.45, 2.75) is 30.5 Å². The Morgan fingerprint density at radius 1 is 1.24 bits per heavy atom. The smallest absolute Gasteiger partial charge is 0.279 e. The van der Waals surface area contributed by atoms with Crippen LogP contribution in [0.4, 0.5) is 5.69 Å². The molecule has 0 unspecified atom stereocenters. The van der Waals surface area contributed by atoms with E-state index in [2.05, 4.69) is 18.8 Å². The molecular formula is C20H21N3O3S3. The fourth-order valence-electron chi connectivity index (χ4n) is 2.76. The molecule has 1 heterocycles. The number of nitro groups is 1. The van der Waals surface area contributed by atoms with Gasteiger partial charge in [0, 0.05) is 40.1 Å². The molecule has 0 aliphatic heterocycles. The molecular weight excluding hydrogens is 426 g/mol. The Balaban J connectivity index is 2.00. The Morgan fingerprint density at radius 2 is 1.97 bits per heavy atom. The summed E-state index contributed by atoms with van der Waals surface area (Å²) in [5.41, 5.74) is 1.41. The largest absolute Gasteiger partial charge is 0.315 e. The Morgan fingerprint density at radius 3 is 2.59 bits per heavy atom. The number of carbonyl (C=O) groups excluding carboxylic acids is 1. The number of rotatable bonds is 7. The van der Waals surface area contributed by atoms with Gasteiger partial charge in [0.2, 0.25) is 0 Å². The standard InChI is InChI=1S/C20H21N3O3S3/c1-13(2)28-16-7-4-14(5-8-16)19(24)21-20-22(10-11-27-3)17-9-6-15(23(25)26)12-18(17)29-20/h4-9,12-13H,10-11H2,1-3H3. The van der Waals surface area contributed by atoms with Crippen LogP contribution < -0.4 is 4.80 Å². The Hall–Kier alpha value is -2.10. The highest BCUT2D eigenvalue weighted by Crippen LogP contribution is 2.24. The van der Waals surface area contributed by atoms with Gasteiger partial charge in [-0.05, 0) is 36.6 Å². The molecule has 29 heavy (non-hydrogen) atoms. The lowest BCUT2D eigenvalue weighted by Gasteiger charge is -2.05. The fourth-order valence-corrected chi connectivity index (χ4v) is 5.05. The minimum Gasteiger partial charge on any atom is -0.315 e. The molecule has 0 N–H and O–H groups in total.